The zero-order valence-electron chi connectivity index (χ0n) is 9.56. The van der Waals surface area contributed by atoms with Gasteiger partial charge in [0.15, 0.2) is 0 Å². The molecule has 0 aliphatic carbocycles. The molecule has 0 fully saturated rings. The number of aromatic nitrogens is 3. The first-order valence-electron chi connectivity index (χ1n) is 5.53. The van der Waals surface area contributed by atoms with E-state index in [1.54, 1.807) is 23.7 Å². The van der Waals surface area contributed by atoms with Crippen LogP contribution in [0.25, 0.3) is 10.6 Å². The van der Waals surface area contributed by atoms with Crippen LogP contribution in [0.4, 0.5) is 0 Å². The van der Waals surface area contributed by atoms with Crippen molar-refractivity contribution in [3.63, 3.8) is 0 Å². The second-order valence-corrected chi connectivity index (χ2v) is 4.62. The van der Waals surface area contributed by atoms with Crippen LogP contribution in [0.1, 0.15) is 5.56 Å². The molecule has 2 heterocycles. The molecule has 3 rings (SSSR count). The molecule has 0 saturated heterocycles. The molecular formula is C13H11N3OS. The number of rotatable bonds is 4. The largest absolute Gasteiger partial charge is 0.392 e. The van der Waals surface area contributed by atoms with Gasteiger partial charge in [-0.2, -0.15) is 0 Å². The van der Waals surface area contributed by atoms with Crippen molar-refractivity contribution in [2.45, 2.75) is 6.61 Å². The summed E-state index contributed by atoms with van der Waals surface area (Å²) in [4.78, 5) is 11.3. The van der Waals surface area contributed by atoms with E-state index in [1.807, 2.05) is 41.9 Å². The topological polar surface area (TPSA) is 39.9 Å². The minimum absolute atomic E-state index is 0.500. The fourth-order valence-corrected chi connectivity index (χ4v) is 2.18. The van der Waals surface area contributed by atoms with Gasteiger partial charge in [0.1, 0.15) is 11.6 Å². The Morgan fingerprint density at radius 3 is 2.89 bits per heavy atom. The van der Waals surface area contributed by atoms with Gasteiger partial charge < -0.3 is 4.84 Å². The van der Waals surface area contributed by atoms with E-state index in [4.69, 9.17) is 4.84 Å². The van der Waals surface area contributed by atoms with Crippen molar-refractivity contribution in [2.24, 2.45) is 0 Å². The molecule has 0 aliphatic rings. The summed E-state index contributed by atoms with van der Waals surface area (Å²) >= 11 is 1.58. The number of benzene rings is 1. The Hall–Kier alpha value is -2.14. The van der Waals surface area contributed by atoms with Gasteiger partial charge in [-0.1, -0.05) is 30.3 Å². The van der Waals surface area contributed by atoms with Crippen LogP contribution in [0, 0.1) is 0 Å². The molecule has 0 aliphatic heterocycles. The van der Waals surface area contributed by atoms with E-state index in [0.717, 1.165) is 16.1 Å². The fourth-order valence-electron chi connectivity index (χ4n) is 1.57. The van der Waals surface area contributed by atoms with Gasteiger partial charge in [-0.3, -0.25) is 0 Å². The van der Waals surface area contributed by atoms with Gasteiger partial charge >= 0.3 is 0 Å². The molecule has 0 atom stereocenters. The van der Waals surface area contributed by atoms with Crippen LogP contribution < -0.4 is 4.84 Å². The number of thiazole rings is 1. The van der Waals surface area contributed by atoms with E-state index >= 15 is 0 Å². The lowest BCUT2D eigenvalue weighted by Crippen LogP contribution is -2.11. The van der Waals surface area contributed by atoms with Crippen LogP contribution in [0.2, 0.25) is 0 Å². The molecule has 2 aromatic heterocycles. The number of hydrogen-bond donors (Lipinski definition) is 0. The van der Waals surface area contributed by atoms with Crippen molar-refractivity contribution in [2.75, 3.05) is 0 Å². The Morgan fingerprint density at radius 1 is 1.22 bits per heavy atom. The van der Waals surface area contributed by atoms with Crippen molar-refractivity contribution in [3.05, 3.63) is 59.9 Å². The summed E-state index contributed by atoms with van der Waals surface area (Å²) in [5, 5.41) is 7.04. The molecule has 0 amide bonds. The summed E-state index contributed by atoms with van der Waals surface area (Å²) in [5.74, 6) is 0. The Labute approximate surface area is 108 Å². The van der Waals surface area contributed by atoms with E-state index in [1.165, 1.54) is 4.85 Å². The maximum Gasteiger partial charge on any atom is 0.142 e. The summed E-state index contributed by atoms with van der Waals surface area (Å²) in [6.45, 7) is 0.500. The van der Waals surface area contributed by atoms with Crippen LogP contribution in [-0.4, -0.2) is 14.9 Å². The van der Waals surface area contributed by atoms with E-state index < -0.39 is 0 Å². The van der Waals surface area contributed by atoms with Gasteiger partial charge in [-0.25, -0.2) is 4.98 Å². The Morgan fingerprint density at radius 2 is 2.11 bits per heavy atom. The van der Waals surface area contributed by atoms with Crippen molar-refractivity contribution >= 4 is 11.3 Å². The van der Waals surface area contributed by atoms with Crippen LogP contribution in [0.15, 0.2) is 54.3 Å². The predicted molar refractivity (Wildman–Crippen MR) is 70.1 cm³/mol. The second kappa shape index (κ2) is 5.01. The van der Waals surface area contributed by atoms with Crippen LogP contribution in [-0.2, 0) is 6.61 Å². The highest BCUT2D eigenvalue weighted by atomic mass is 32.1. The average molecular weight is 257 g/mol. The van der Waals surface area contributed by atoms with E-state index in [0.29, 0.717) is 6.61 Å². The summed E-state index contributed by atoms with van der Waals surface area (Å²) in [7, 11) is 0. The minimum Gasteiger partial charge on any atom is -0.392 e. The van der Waals surface area contributed by atoms with Gasteiger partial charge in [0.05, 0.1) is 18.0 Å². The van der Waals surface area contributed by atoms with E-state index in [2.05, 4.69) is 10.1 Å². The molecule has 0 radical (unpaired) electrons. The highest BCUT2D eigenvalue weighted by Crippen LogP contribution is 2.20. The molecule has 0 spiro atoms. The molecule has 90 valence electrons. The highest BCUT2D eigenvalue weighted by molar-refractivity contribution is 7.13. The zero-order valence-corrected chi connectivity index (χ0v) is 10.4. The van der Waals surface area contributed by atoms with Crippen molar-refractivity contribution in [1.29, 1.82) is 0 Å². The first kappa shape index (κ1) is 11.0. The number of hydrogen-bond acceptors (Lipinski definition) is 4. The maximum atomic E-state index is 5.55. The van der Waals surface area contributed by atoms with Crippen molar-refractivity contribution < 1.29 is 4.84 Å². The summed E-state index contributed by atoms with van der Waals surface area (Å²) in [6, 6.07) is 10.0. The summed E-state index contributed by atoms with van der Waals surface area (Å²) < 4.78 is 0. The quantitative estimate of drug-likeness (QED) is 0.721. The molecule has 3 aromatic rings. The standard InChI is InChI=1S/C13H11N3OS/c1-2-4-11(5-3-1)10-17-16-9-12(8-15-16)13-14-6-7-18-13/h1-9H,10H2. The molecule has 0 unspecified atom stereocenters. The van der Waals surface area contributed by atoms with Gasteiger partial charge in [0.2, 0.25) is 0 Å². The minimum atomic E-state index is 0.500. The normalized spacial score (nSPS) is 10.4. The van der Waals surface area contributed by atoms with Gasteiger partial charge in [-0.15, -0.1) is 21.3 Å². The Bertz CT molecular complexity index is 604. The molecule has 1 aromatic carbocycles. The lowest BCUT2D eigenvalue weighted by molar-refractivity contribution is 0.0701. The van der Waals surface area contributed by atoms with Gasteiger partial charge in [0, 0.05) is 11.6 Å². The van der Waals surface area contributed by atoms with Crippen LogP contribution in [0.3, 0.4) is 0 Å². The third kappa shape index (κ3) is 2.41. The molecule has 4 nitrogen and oxygen atoms in total. The Balaban J connectivity index is 1.68. The summed E-state index contributed by atoms with van der Waals surface area (Å²) in [5.41, 5.74) is 2.09. The molecule has 0 bridgehead atoms. The smallest absolute Gasteiger partial charge is 0.142 e. The van der Waals surface area contributed by atoms with Crippen LogP contribution in [0.5, 0.6) is 0 Å². The first-order chi connectivity index (χ1) is 8.92. The Kier molecular flexibility index (Phi) is 3.06. The zero-order chi connectivity index (χ0) is 12.2. The SMILES string of the molecule is c1ccc(COn2cc(-c3nccs3)cn2)cc1. The highest BCUT2D eigenvalue weighted by Gasteiger charge is 2.04. The van der Waals surface area contributed by atoms with E-state index in [-0.39, 0.29) is 0 Å². The summed E-state index contributed by atoms with van der Waals surface area (Å²) in [6.07, 6.45) is 5.37. The molecular weight excluding hydrogens is 246 g/mol. The van der Waals surface area contributed by atoms with Crippen molar-refractivity contribution in [3.8, 4) is 10.6 Å². The lowest BCUT2D eigenvalue weighted by Gasteiger charge is -2.03. The third-order valence-corrected chi connectivity index (χ3v) is 3.27. The van der Waals surface area contributed by atoms with Gasteiger partial charge in [-0.05, 0) is 5.56 Å². The molecule has 18 heavy (non-hydrogen) atoms. The second-order valence-electron chi connectivity index (χ2n) is 3.73. The van der Waals surface area contributed by atoms with E-state index in [9.17, 15) is 0 Å². The first-order valence-corrected chi connectivity index (χ1v) is 6.41. The van der Waals surface area contributed by atoms with Gasteiger partial charge in [0.25, 0.3) is 0 Å². The number of nitrogens with zero attached hydrogens (tertiary/aromatic N) is 3. The maximum absolute atomic E-state index is 5.55. The van der Waals surface area contributed by atoms with Crippen molar-refractivity contribution in [1.82, 2.24) is 14.9 Å². The monoisotopic (exact) mass is 257 g/mol. The molecule has 0 N–H and O–H groups in total. The predicted octanol–water partition coefficient (Wildman–Crippen LogP) is 2.64. The average Bonchev–Trinajstić information content (AvgIpc) is 3.08. The third-order valence-electron chi connectivity index (χ3n) is 2.45. The lowest BCUT2D eigenvalue weighted by atomic mass is 10.2. The molecule has 0 saturated carbocycles. The van der Waals surface area contributed by atoms with Crippen LogP contribution >= 0.6 is 11.3 Å². The fraction of sp³-hybridized carbons (Fsp3) is 0.0769. The molecule has 5 heteroatoms.